The molecule has 3 aromatic rings. The molecule has 1 aromatic heterocycles. The lowest BCUT2D eigenvalue weighted by Crippen LogP contribution is -2.50. The molecular formula is C22H23N3O4S2. The van der Waals surface area contributed by atoms with Gasteiger partial charge in [0.25, 0.3) is 5.22 Å². The highest BCUT2D eigenvalue weighted by Gasteiger charge is 2.26. The largest absolute Gasteiger partial charge is 0.431 e. The van der Waals surface area contributed by atoms with Gasteiger partial charge in [0.2, 0.25) is 15.9 Å². The van der Waals surface area contributed by atoms with E-state index in [-0.39, 0.29) is 11.7 Å². The summed E-state index contributed by atoms with van der Waals surface area (Å²) >= 11 is 1.25. The summed E-state index contributed by atoms with van der Waals surface area (Å²) in [6.45, 7) is 1.43. The van der Waals surface area contributed by atoms with Gasteiger partial charge < -0.3 is 9.32 Å². The molecule has 9 heteroatoms. The minimum absolute atomic E-state index is 0.0566. The molecule has 2 heterocycles. The number of aromatic nitrogens is 1. The van der Waals surface area contributed by atoms with Crippen molar-refractivity contribution in [3.8, 4) is 22.6 Å². The molecule has 0 atom stereocenters. The van der Waals surface area contributed by atoms with Gasteiger partial charge in [0, 0.05) is 37.3 Å². The molecule has 0 radical (unpaired) electrons. The molecule has 162 valence electrons. The van der Waals surface area contributed by atoms with Crippen LogP contribution in [0.4, 0.5) is 0 Å². The highest BCUT2D eigenvalue weighted by molar-refractivity contribution is 7.99. The highest BCUT2D eigenvalue weighted by atomic mass is 32.2. The molecule has 4 rings (SSSR count). The number of carbonyl (C=O) groups is 1. The molecule has 0 bridgehead atoms. The van der Waals surface area contributed by atoms with Crippen molar-refractivity contribution >= 4 is 27.7 Å². The van der Waals surface area contributed by atoms with Crippen LogP contribution in [0, 0.1) is 0 Å². The topological polar surface area (TPSA) is 83.7 Å². The van der Waals surface area contributed by atoms with E-state index < -0.39 is 10.0 Å². The predicted octanol–water partition coefficient (Wildman–Crippen LogP) is 3.20. The molecule has 7 nitrogen and oxygen atoms in total. The van der Waals surface area contributed by atoms with Crippen LogP contribution < -0.4 is 0 Å². The van der Waals surface area contributed by atoms with Crippen molar-refractivity contribution < 1.29 is 17.6 Å². The molecule has 1 aliphatic rings. The average Bonchev–Trinajstić information content (AvgIpc) is 3.22. The molecule has 0 saturated carbocycles. The number of carbonyl (C=O) groups excluding carboxylic acids is 1. The number of benzene rings is 2. The van der Waals surface area contributed by atoms with E-state index in [1.807, 2.05) is 60.7 Å². The number of hydrogen-bond acceptors (Lipinski definition) is 6. The molecule has 1 amide bonds. The van der Waals surface area contributed by atoms with Crippen LogP contribution in [0.5, 0.6) is 0 Å². The Hall–Kier alpha value is -2.62. The molecule has 2 aromatic carbocycles. The fraction of sp³-hybridized carbons (Fsp3) is 0.273. The van der Waals surface area contributed by atoms with Crippen LogP contribution in [0.3, 0.4) is 0 Å². The first-order valence-corrected chi connectivity index (χ1v) is 12.7. The molecule has 31 heavy (non-hydrogen) atoms. The Morgan fingerprint density at radius 2 is 1.55 bits per heavy atom. The monoisotopic (exact) mass is 457 g/mol. The molecule has 0 N–H and O–H groups in total. The van der Waals surface area contributed by atoms with Gasteiger partial charge in [-0.15, -0.1) is 0 Å². The van der Waals surface area contributed by atoms with Crippen molar-refractivity contribution in [3.63, 3.8) is 0 Å². The number of nitrogens with zero attached hydrogens (tertiary/aromatic N) is 3. The Morgan fingerprint density at radius 3 is 2.13 bits per heavy atom. The lowest BCUT2D eigenvalue weighted by Gasteiger charge is -2.33. The van der Waals surface area contributed by atoms with Gasteiger partial charge >= 0.3 is 0 Å². The minimum atomic E-state index is -3.22. The van der Waals surface area contributed by atoms with Crippen LogP contribution in [0.1, 0.15) is 0 Å². The van der Waals surface area contributed by atoms with Gasteiger partial charge in [0.1, 0.15) is 5.69 Å². The van der Waals surface area contributed by atoms with Crippen molar-refractivity contribution in [2.75, 3.05) is 38.2 Å². The summed E-state index contributed by atoms with van der Waals surface area (Å²) in [6.07, 6.45) is 1.19. The smallest absolute Gasteiger partial charge is 0.257 e. The number of oxazole rings is 1. The number of sulfonamides is 1. The van der Waals surface area contributed by atoms with Crippen molar-refractivity contribution in [3.05, 3.63) is 60.7 Å². The zero-order chi connectivity index (χ0) is 21.8. The molecule has 1 fully saturated rings. The van der Waals surface area contributed by atoms with Crippen LogP contribution in [0.15, 0.2) is 70.3 Å². The lowest BCUT2D eigenvalue weighted by atomic mass is 10.1. The Bertz CT molecular complexity index is 1080. The first kappa shape index (κ1) is 21.6. The summed E-state index contributed by atoms with van der Waals surface area (Å²) < 4.78 is 30.7. The van der Waals surface area contributed by atoms with Gasteiger partial charge in [-0.05, 0) is 0 Å². The van der Waals surface area contributed by atoms with E-state index in [9.17, 15) is 13.2 Å². The van der Waals surface area contributed by atoms with Crippen LogP contribution in [0.2, 0.25) is 0 Å². The van der Waals surface area contributed by atoms with Crippen LogP contribution >= 0.6 is 11.8 Å². The third-order valence-corrected chi connectivity index (χ3v) is 7.19. The number of piperazine rings is 1. The van der Waals surface area contributed by atoms with Crippen molar-refractivity contribution in [1.82, 2.24) is 14.2 Å². The Labute approximate surface area is 186 Å². The van der Waals surface area contributed by atoms with E-state index in [0.717, 1.165) is 16.8 Å². The zero-order valence-electron chi connectivity index (χ0n) is 17.1. The normalized spacial score (nSPS) is 15.2. The Balaban J connectivity index is 1.47. The number of hydrogen-bond donors (Lipinski definition) is 0. The summed E-state index contributed by atoms with van der Waals surface area (Å²) in [7, 11) is -3.22. The number of amides is 1. The Morgan fingerprint density at radius 1 is 0.968 bits per heavy atom. The molecule has 0 spiro atoms. The second-order valence-electron chi connectivity index (χ2n) is 7.22. The maximum atomic E-state index is 12.6. The lowest BCUT2D eigenvalue weighted by molar-refractivity contribution is -0.129. The van der Waals surface area contributed by atoms with Crippen LogP contribution in [0.25, 0.3) is 22.6 Å². The molecule has 0 unspecified atom stereocenters. The zero-order valence-corrected chi connectivity index (χ0v) is 18.7. The average molecular weight is 458 g/mol. The van der Waals surface area contributed by atoms with Gasteiger partial charge in [-0.3, -0.25) is 4.79 Å². The second-order valence-corrected chi connectivity index (χ2v) is 10.1. The second kappa shape index (κ2) is 9.25. The third kappa shape index (κ3) is 5.17. The first-order chi connectivity index (χ1) is 14.9. The SMILES string of the molecule is CS(=O)(=O)N1CCN(C(=O)CSc2nc(-c3ccccc3)c(-c3ccccc3)o2)CC1. The van der Waals surface area contributed by atoms with E-state index in [1.165, 1.54) is 22.3 Å². The Kier molecular flexibility index (Phi) is 6.45. The van der Waals surface area contributed by atoms with Crippen molar-refractivity contribution in [2.24, 2.45) is 0 Å². The van der Waals surface area contributed by atoms with E-state index in [2.05, 4.69) is 4.98 Å². The van der Waals surface area contributed by atoms with E-state index in [0.29, 0.717) is 37.2 Å². The van der Waals surface area contributed by atoms with Crippen molar-refractivity contribution in [2.45, 2.75) is 5.22 Å². The predicted molar refractivity (Wildman–Crippen MR) is 121 cm³/mol. The summed E-state index contributed by atoms with van der Waals surface area (Å²) in [6, 6.07) is 19.6. The van der Waals surface area contributed by atoms with E-state index >= 15 is 0 Å². The highest BCUT2D eigenvalue weighted by Crippen LogP contribution is 2.35. The summed E-state index contributed by atoms with van der Waals surface area (Å²) in [5.74, 6) is 0.796. The van der Waals surface area contributed by atoms with Gasteiger partial charge in [-0.2, -0.15) is 4.31 Å². The van der Waals surface area contributed by atoms with Crippen molar-refractivity contribution in [1.29, 1.82) is 0 Å². The standard InChI is InChI=1S/C22H23N3O4S2/c1-31(27,28)25-14-12-24(13-15-25)19(26)16-30-22-23-20(17-8-4-2-5-9-17)21(29-22)18-10-6-3-7-11-18/h2-11H,12-16H2,1H3. The van der Waals surface area contributed by atoms with Gasteiger partial charge in [0.15, 0.2) is 5.76 Å². The van der Waals surface area contributed by atoms with Gasteiger partial charge in [-0.1, -0.05) is 72.4 Å². The summed E-state index contributed by atoms with van der Waals surface area (Å²) in [5, 5.41) is 0.431. The quantitative estimate of drug-likeness (QED) is 0.529. The fourth-order valence-corrected chi connectivity index (χ4v) is 4.98. The maximum Gasteiger partial charge on any atom is 0.257 e. The van der Waals surface area contributed by atoms with Crippen LogP contribution in [-0.4, -0.2) is 66.7 Å². The molecule has 0 aliphatic carbocycles. The molecule has 1 aliphatic heterocycles. The summed E-state index contributed by atoms with van der Waals surface area (Å²) in [4.78, 5) is 19.0. The summed E-state index contributed by atoms with van der Waals surface area (Å²) in [5.41, 5.74) is 2.60. The third-order valence-electron chi connectivity index (χ3n) is 5.07. The maximum absolute atomic E-state index is 12.6. The van der Waals surface area contributed by atoms with Gasteiger partial charge in [-0.25, -0.2) is 13.4 Å². The number of rotatable bonds is 6. The van der Waals surface area contributed by atoms with Crippen LogP contribution in [-0.2, 0) is 14.8 Å². The molecular weight excluding hydrogens is 434 g/mol. The molecule has 1 saturated heterocycles. The fourth-order valence-electron chi connectivity index (χ4n) is 3.42. The minimum Gasteiger partial charge on any atom is -0.431 e. The van der Waals surface area contributed by atoms with E-state index in [1.54, 1.807) is 4.90 Å². The van der Waals surface area contributed by atoms with Gasteiger partial charge in [0.05, 0.1) is 12.0 Å². The van der Waals surface area contributed by atoms with E-state index in [4.69, 9.17) is 4.42 Å². The number of thioether (sulfide) groups is 1. The first-order valence-electron chi connectivity index (χ1n) is 9.89.